The quantitative estimate of drug-likeness (QED) is 0.186. The van der Waals surface area contributed by atoms with Gasteiger partial charge < -0.3 is 8.98 Å². The van der Waals surface area contributed by atoms with E-state index in [1.165, 1.54) is 38.4 Å². The van der Waals surface area contributed by atoms with E-state index >= 15 is 0 Å². The lowest BCUT2D eigenvalue weighted by Gasteiger charge is -2.23. The molecule has 11 rings (SSSR count). The first-order valence-corrected chi connectivity index (χ1v) is 18.0. The number of fused-ring (bicyclic) bond motifs is 12. The van der Waals surface area contributed by atoms with Gasteiger partial charge in [0.2, 0.25) is 0 Å². The van der Waals surface area contributed by atoms with Crippen LogP contribution in [0.4, 0.5) is 0 Å². The second-order valence-corrected chi connectivity index (χ2v) is 14.4. The molecule has 0 spiro atoms. The number of hydrogen-bond acceptors (Lipinski definition) is 4. The molecule has 10 aromatic rings. The monoisotopic (exact) mass is 680 g/mol. The maximum Gasteiger partial charge on any atom is 0.164 e. The van der Waals surface area contributed by atoms with Crippen molar-refractivity contribution in [2.75, 3.05) is 0 Å². The van der Waals surface area contributed by atoms with Crippen LogP contribution in [-0.2, 0) is 5.41 Å². The van der Waals surface area contributed by atoms with Gasteiger partial charge in [0.05, 0.1) is 11.0 Å². The normalized spacial score (nSPS) is 13.2. The Morgan fingerprint density at radius 1 is 0.509 bits per heavy atom. The molecular weight excluding hydrogens is 649 g/mol. The molecule has 250 valence electrons. The average molecular weight is 681 g/mol. The molecule has 53 heavy (non-hydrogen) atoms. The van der Waals surface area contributed by atoms with Gasteiger partial charge in [0.15, 0.2) is 23.1 Å². The molecule has 5 heteroatoms. The Labute approximate surface area is 305 Å². The van der Waals surface area contributed by atoms with Crippen molar-refractivity contribution in [2.45, 2.75) is 19.3 Å². The van der Waals surface area contributed by atoms with Crippen LogP contribution in [-0.4, -0.2) is 19.5 Å². The van der Waals surface area contributed by atoms with Crippen LogP contribution in [0, 0.1) is 0 Å². The number of furan rings is 1. The van der Waals surface area contributed by atoms with Gasteiger partial charge in [0, 0.05) is 49.3 Å². The highest BCUT2D eigenvalue weighted by Gasteiger charge is 2.41. The molecule has 7 aromatic carbocycles. The molecular formula is C48H32N4O. The Morgan fingerprint density at radius 3 is 1.74 bits per heavy atom. The molecule has 0 radical (unpaired) electrons. The van der Waals surface area contributed by atoms with E-state index in [0.29, 0.717) is 17.5 Å². The largest absolute Gasteiger partial charge is 0.454 e. The van der Waals surface area contributed by atoms with Gasteiger partial charge >= 0.3 is 0 Å². The summed E-state index contributed by atoms with van der Waals surface area (Å²) < 4.78 is 9.31. The van der Waals surface area contributed by atoms with Crippen molar-refractivity contribution >= 4 is 43.7 Å². The summed E-state index contributed by atoms with van der Waals surface area (Å²) in [5.74, 6) is 1.92. The molecule has 0 aliphatic heterocycles. The molecule has 1 aliphatic carbocycles. The van der Waals surface area contributed by atoms with Gasteiger partial charge in [-0.1, -0.05) is 135 Å². The standard InChI is InChI=1S/C48H32N4O/c1-48(2)36-22-12-9-19-33(36)39-40-35-21-11-14-24-38(35)53-44(40)43-41(42(39)48)34-20-10-13-23-37(34)52(43)32-27-25-31(26-28-32)47-50-45(29-15-5-3-6-16-29)49-46(51-47)30-17-7-4-8-18-30/h3-28H,1-2H3. The number of rotatable bonds is 4. The number of benzene rings is 7. The highest BCUT2D eigenvalue weighted by Crippen LogP contribution is 2.58. The number of para-hydroxylation sites is 2. The Bertz CT molecular complexity index is 3010. The lowest BCUT2D eigenvalue weighted by atomic mass is 9.80. The third-order valence-electron chi connectivity index (χ3n) is 11.0. The Morgan fingerprint density at radius 2 is 1.06 bits per heavy atom. The van der Waals surface area contributed by atoms with Crippen LogP contribution in [0.1, 0.15) is 25.0 Å². The van der Waals surface area contributed by atoms with Crippen molar-refractivity contribution in [1.29, 1.82) is 0 Å². The highest BCUT2D eigenvalue weighted by atomic mass is 16.3. The average Bonchev–Trinajstić information content (AvgIpc) is 3.84. The Kier molecular flexibility index (Phi) is 6.23. The zero-order chi connectivity index (χ0) is 35.3. The van der Waals surface area contributed by atoms with Gasteiger partial charge in [0.25, 0.3) is 0 Å². The molecule has 5 nitrogen and oxygen atoms in total. The van der Waals surface area contributed by atoms with E-state index in [1.807, 2.05) is 60.7 Å². The number of nitrogens with zero attached hydrogens (tertiary/aromatic N) is 4. The van der Waals surface area contributed by atoms with Crippen molar-refractivity contribution in [3.8, 4) is 51.0 Å². The molecule has 0 saturated heterocycles. The van der Waals surface area contributed by atoms with E-state index in [2.05, 4.69) is 115 Å². The second-order valence-electron chi connectivity index (χ2n) is 14.4. The molecule has 3 aromatic heterocycles. The molecule has 3 heterocycles. The Hall–Kier alpha value is -6.85. The van der Waals surface area contributed by atoms with Gasteiger partial charge in [0.1, 0.15) is 5.58 Å². The zero-order valence-corrected chi connectivity index (χ0v) is 29.2. The molecule has 0 fully saturated rings. The van der Waals surface area contributed by atoms with Crippen molar-refractivity contribution < 1.29 is 4.42 Å². The van der Waals surface area contributed by atoms with Gasteiger partial charge in [-0.05, 0) is 58.7 Å². The minimum Gasteiger partial charge on any atom is -0.454 e. The van der Waals surface area contributed by atoms with Gasteiger partial charge in [-0.3, -0.25) is 0 Å². The summed E-state index contributed by atoms with van der Waals surface area (Å²) in [6.07, 6.45) is 0. The van der Waals surface area contributed by atoms with Crippen LogP contribution >= 0.6 is 0 Å². The molecule has 0 bridgehead atoms. The van der Waals surface area contributed by atoms with Crippen molar-refractivity contribution in [3.63, 3.8) is 0 Å². The molecule has 0 N–H and O–H groups in total. The summed E-state index contributed by atoms with van der Waals surface area (Å²) in [5, 5.41) is 4.76. The van der Waals surface area contributed by atoms with Crippen LogP contribution < -0.4 is 0 Å². The fourth-order valence-corrected chi connectivity index (χ4v) is 8.66. The van der Waals surface area contributed by atoms with Crippen LogP contribution in [0.2, 0.25) is 0 Å². The maximum absolute atomic E-state index is 6.92. The third-order valence-corrected chi connectivity index (χ3v) is 11.0. The van der Waals surface area contributed by atoms with Crippen LogP contribution in [0.5, 0.6) is 0 Å². The fraction of sp³-hybridized carbons (Fsp3) is 0.0625. The Balaban J connectivity index is 1.18. The fourth-order valence-electron chi connectivity index (χ4n) is 8.66. The van der Waals surface area contributed by atoms with E-state index in [9.17, 15) is 0 Å². The van der Waals surface area contributed by atoms with Gasteiger partial charge in [-0.25, -0.2) is 15.0 Å². The first-order valence-electron chi connectivity index (χ1n) is 18.0. The summed E-state index contributed by atoms with van der Waals surface area (Å²) >= 11 is 0. The van der Waals surface area contributed by atoms with Crippen LogP contribution in [0.25, 0.3) is 94.7 Å². The summed E-state index contributed by atoms with van der Waals surface area (Å²) in [4.78, 5) is 14.9. The SMILES string of the molecule is CC1(C)c2ccccc2-c2c1c1c3ccccc3n(-c3ccc(-c4nc(-c5ccccc5)nc(-c5ccccc5)n4)cc3)c1c1oc3ccccc3c21. The summed E-state index contributed by atoms with van der Waals surface area (Å²) in [6.45, 7) is 4.74. The van der Waals surface area contributed by atoms with E-state index in [4.69, 9.17) is 19.4 Å². The number of aromatic nitrogens is 4. The van der Waals surface area contributed by atoms with E-state index in [0.717, 1.165) is 50.0 Å². The third kappa shape index (κ3) is 4.28. The lowest BCUT2D eigenvalue weighted by molar-refractivity contribution is 0.663. The van der Waals surface area contributed by atoms with E-state index in [1.54, 1.807) is 0 Å². The molecule has 0 atom stereocenters. The highest BCUT2D eigenvalue weighted by molar-refractivity contribution is 6.29. The lowest BCUT2D eigenvalue weighted by Crippen LogP contribution is -2.15. The first kappa shape index (κ1) is 29.8. The predicted octanol–water partition coefficient (Wildman–Crippen LogP) is 12.2. The van der Waals surface area contributed by atoms with Crippen molar-refractivity contribution in [2.24, 2.45) is 0 Å². The second kappa shape index (κ2) is 11.1. The topological polar surface area (TPSA) is 56.7 Å². The number of hydrogen-bond donors (Lipinski definition) is 0. The van der Waals surface area contributed by atoms with Crippen LogP contribution in [0.15, 0.2) is 162 Å². The van der Waals surface area contributed by atoms with E-state index < -0.39 is 0 Å². The molecule has 0 unspecified atom stereocenters. The minimum atomic E-state index is -0.221. The van der Waals surface area contributed by atoms with E-state index in [-0.39, 0.29) is 5.41 Å². The maximum atomic E-state index is 6.92. The summed E-state index contributed by atoms with van der Waals surface area (Å²) in [7, 11) is 0. The first-order chi connectivity index (χ1) is 26.1. The smallest absolute Gasteiger partial charge is 0.164 e. The van der Waals surface area contributed by atoms with Crippen molar-refractivity contribution in [3.05, 3.63) is 169 Å². The van der Waals surface area contributed by atoms with Crippen LogP contribution in [0.3, 0.4) is 0 Å². The zero-order valence-electron chi connectivity index (χ0n) is 29.2. The molecule has 1 aliphatic rings. The molecule has 0 amide bonds. The summed E-state index contributed by atoms with van der Waals surface area (Å²) in [5.41, 5.74) is 12.9. The van der Waals surface area contributed by atoms with Gasteiger partial charge in [-0.2, -0.15) is 0 Å². The van der Waals surface area contributed by atoms with Gasteiger partial charge in [-0.15, -0.1) is 0 Å². The summed E-state index contributed by atoms with van der Waals surface area (Å²) in [6, 6.07) is 54.9. The minimum absolute atomic E-state index is 0.221. The molecule has 0 saturated carbocycles. The van der Waals surface area contributed by atoms with Crippen molar-refractivity contribution in [1.82, 2.24) is 19.5 Å². The predicted molar refractivity (Wildman–Crippen MR) is 215 cm³/mol.